The van der Waals surface area contributed by atoms with Gasteiger partial charge in [-0.05, 0) is 47.0 Å². The third-order valence-corrected chi connectivity index (χ3v) is 7.35. The molecular formula is C24H26Br2N12. The number of nitrogens with zero attached hydrogens (tertiary/aromatic N) is 9. The van der Waals surface area contributed by atoms with Gasteiger partial charge in [0.15, 0.2) is 0 Å². The van der Waals surface area contributed by atoms with E-state index in [1.165, 1.54) is 0 Å². The van der Waals surface area contributed by atoms with Crippen LogP contribution in [0.15, 0.2) is 45.9 Å². The summed E-state index contributed by atoms with van der Waals surface area (Å²) in [5, 5.41) is 11.1. The van der Waals surface area contributed by atoms with E-state index in [1.54, 1.807) is 18.7 Å². The van der Waals surface area contributed by atoms with Crippen molar-refractivity contribution in [3.05, 3.63) is 45.9 Å². The van der Waals surface area contributed by atoms with Crippen LogP contribution in [0.1, 0.15) is 12.8 Å². The molecule has 0 unspecified atom stereocenters. The average molecular weight is 642 g/mol. The first kappa shape index (κ1) is 24.9. The van der Waals surface area contributed by atoms with Crippen molar-refractivity contribution >= 4 is 72.4 Å². The molecule has 4 heterocycles. The van der Waals surface area contributed by atoms with Crippen LogP contribution in [0.2, 0.25) is 0 Å². The summed E-state index contributed by atoms with van der Waals surface area (Å²) in [4.78, 5) is 36.0. The predicted molar refractivity (Wildman–Crippen MR) is 155 cm³/mol. The summed E-state index contributed by atoms with van der Waals surface area (Å²) in [6, 6.07) is 6.25. The van der Waals surface area contributed by atoms with Crippen LogP contribution in [0.4, 0.5) is 29.6 Å². The Morgan fingerprint density at radius 3 is 2.26 bits per heavy atom. The molecule has 38 heavy (non-hydrogen) atoms. The molecule has 1 saturated carbocycles. The molecular weight excluding hydrogens is 616 g/mol. The molecule has 0 radical (unpaired) electrons. The Labute approximate surface area is 236 Å². The quantitative estimate of drug-likeness (QED) is 0.231. The molecule has 0 bridgehead atoms. The number of nitrogens with one attached hydrogen (secondary N) is 3. The Kier molecular flexibility index (Phi) is 7.31. The summed E-state index contributed by atoms with van der Waals surface area (Å²) in [6.45, 7) is 4.38. The van der Waals surface area contributed by atoms with Crippen molar-refractivity contribution in [1.82, 2.24) is 34.9 Å². The number of anilines is 5. The molecule has 1 aliphatic heterocycles. The first-order valence-electron chi connectivity index (χ1n) is 12.5. The minimum atomic E-state index is 0.441. The van der Waals surface area contributed by atoms with Crippen LogP contribution in [0.3, 0.4) is 0 Å². The van der Waals surface area contributed by atoms with E-state index in [-0.39, 0.29) is 0 Å². The van der Waals surface area contributed by atoms with Crippen LogP contribution in [-0.4, -0.2) is 80.2 Å². The maximum atomic E-state index is 4.74. The van der Waals surface area contributed by atoms with Crippen LogP contribution < -0.4 is 25.8 Å². The number of hydrogen-bond acceptors (Lipinski definition) is 12. The highest BCUT2D eigenvalue weighted by molar-refractivity contribution is 9.11. The SMILES string of the molecule is Brc1cc(Br)c2ncnc(NCCNc3nc(NC4CC4)nc(N4CCN(c5ncccn5)CC4)n3)c2c1. The lowest BCUT2D eigenvalue weighted by Crippen LogP contribution is -2.47. The molecule has 0 atom stereocenters. The molecule has 3 N–H and O–H groups in total. The number of halogens is 2. The molecule has 2 aliphatic rings. The Balaban J connectivity index is 1.11. The average Bonchev–Trinajstić information content (AvgIpc) is 3.76. The van der Waals surface area contributed by atoms with E-state index in [0.717, 1.165) is 70.6 Å². The molecule has 14 heteroatoms. The normalized spacial score (nSPS) is 15.5. The first-order valence-corrected chi connectivity index (χ1v) is 14.1. The largest absolute Gasteiger partial charge is 0.368 e. The minimum absolute atomic E-state index is 0.441. The van der Waals surface area contributed by atoms with E-state index >= 15 is 0 Å². The molecule has 0 amide bonds. The van der Waals surface area contributed by atoms with Crippen LogP contribution in [0, 0.1) is 0 Å². The van der Waals surface area contributed by atoms with Gasteiger partial charge in [0.25, 0.3) is 0 Å². The van der Waals surface area contributed by atoms with Crippen LogP contribution >= 0.6 is 31.9 Å². The highest BCUT2D eigenvalue weighted by atomic mass is 79.9. The van der Waals surface area contributed by atoms with Gasteiger partial charge in [-0.15, -0.1) is 0 Å². The van der Waals surface area contributed by atoms with Gasteiger partial charge in [0.1, 0.15) is 12.1 Å². The van der Waals surface area contributed by atoms with E-state index in [1.807, 2.05) is 18.2 Å². The Bertz CT molecular complexity index is 1410. The summed E-state index contributed by atoms with van der Waals surface area (Å²) in [6.07, 6.45) is 7.39. The van der Waals surface area contributed by atoms with Crippen molar-refractivity contribution in [1.29, 1.82) is 0 Å². The third kappa shape index (κ3) is 5.85. The summed E-state index contributed by atoms with van der Waals surface area (Å²) in [5.41, 5.74) is 0.857. The van der Waals surface area contributed by atoms with E-state index in [9.17, 15) is 0 Å². The summed E-state index contributed by atoms with van der Waals surface area (Å²) in [7, 11) is 0. The van der Waals surface area contributed by atoms with E-state index in [0.29, 0.717) is 37.0 Å². The van der Waals surface area contributed by atoms with Crippen molar-refractivity contribution in [2.24, 2.45) is 0 Å². The van der Waals surface area contributed by atoms with Crippen LogP contribution in [-0.2, 0) is 0 Å². The number of aromatic nitrogens is 7. The Morgan fingerprint density at radius 2 is 1.50 bits per heavy atom. The monoisotopic (exact) mass is 640 g/mol. The number of benzene rings is 1. The van der Waals surface area contributed by atoms with Gasteiger partial charge in [0, 0.05) is 72.0 Å². The predicted octanol–water partition coefficient (Wildman–Crippen LogP) is 3.55. The zero-order valence-electron chi connectivity index (χ0n) is 20.5. The lowest BCUT2D eigenvalue weighted by Gasteiger charge is -2.34. The number of piperazine rings is 1. The Morgan fingerprint density at radius 1 is 0.789 bits per heavy atom. The third-order valence-electron chi connectivity index (χ3n) is 6.29. The van der Waals surface area contributed by atoms with Gasteiger partial charge in [0.2, 0.25) is 23.8 Å². The van der Waals surface area contributed by atoms with Gasteiger partial charge in [-0.3, -0.25) is 0 Å². The second-order valence-corrected chi connectivity index (χ2v) is 10.9. The molecule has 0 spiro atoms. The summed E-state index contributed by atoms with van der Waals surface area (Å²) in [5.74, 6) is 3.35. The zero-order valence-corrected chi connectivity index (χ0v) is 23.7. The van der Waals surface area contributed by atoms with E-state index < -0.39 is 0 Å². The van der Waals surface area contributed by atoms with Crippen molar-refractivity contribution in [2.75, 3.05) is 65.0 Å². The number of rotatable bonds is 9. The molecule has 1 saturated heterocycles. The lowest BCUT2D eigenvalue weighted by molar-refractivity contribution is 0.627. The maximum absolute atomic E-state index is 4.74. The zero-order chi connectivity index (χ0) is 25.9. The highest BCUT2D eigenvalue weighted by Crippen LogP contribution is 2.30. The van der Waals surface area contributed by atoms with Crippen LogP contribution in [0.25, 0.3) is 10.9 Å². The number of hydrogen-bond donors (Lipinski definition) is 3. The second kappa shape index (κ2) is 11.2. The van der Waals surface area contributed by atoms with Gasteiger partial charge >= 0.3 is 0 Å². The molecule has 1 aliphatic carbocycles. The molecule has 2 fully saturated rings. The smallest absolute Gasteiger partial charge is 0.232 e. The van der Waals surface area contributed by atoms with Gasteiger partial charge in [-0.2, -0.15) is 15.0 Å². The first-order chi connectivity index (χ1) is 18.6. The van der Waals surface area contributed by atoms with Gasteiger partial charge < -0.3 is 25.8 Å². The lowest BCUT2D eigenvalue weighted by atomic mass is 10.2. The molecule has 6 rings (SSSR count). The topological polar surface area (TPSA) is 133 Å². The number of fused-ring (bicyclic) bond motifs is 1. The highest BCUT2D eigenvalue weighted by Gasteiger charge is 2.25. The van der Waals surface area contributed by atoms with Crippen molar-refractivity contribution in [3.63, 3.8) is 0 Å². The van der Waals surface area contributed by atoms with Crippen LogP contribution in [0.5, 0.6) is 0 Å². The molecule has 1 aromatic carbocycles. The fourth-order valence-corrected chi connectivity index (χ4v) is 5.54. The van der Waals surface area contributed by atoms with E-state index in [2.05, 4.69) is 82.5 Å². The summed E-state index contributed by atoms with van der Waals surface area (Å²) >= 11 is 7.12. The van der Waals surface area contributed by atoms with Gasteiger partial charge in [0.05, 0.1) is 5.52 Å². The second-order valence-electron chi connectivity index (χ2n) is 9.08. The standard InChI is InChI=1S/C24H26Br2N12/c25-15-12-17-19(18(26)13-15)31-14-32-20(17)27-6-7-28-21-34-22(33-16-2-3-16)36-24(35-21)38-10-8-37(9-11-38)23-29-4-1-5-30-23/h1,4-5,12-14,16H,2-3,6-11H2,(H,27,31,32)(H2,28,33,34,35,36). The minimum Gasteiger partial charge on any atom is -0.368 e. The molecule has 12 nitrogen and oxygen atoms in total. The molecule has 196 valence electrons. The van der Waals surface area contributed by atoms with Crippen molar-refractivity contribution in [3.8, 4) is 0 Å². The summed E-state index contributed by atoms with van der Waals surface area (Å²) < 4.78 is 1.87. The molecule has 4 aromatic rings. The van der Waals surface area contributed by atoms with E-state index in [4.69, 9.17) is 9.97 Å². The fraction of sp³-hybridized carbons (Fsp3) is 0.375. The Hall–Kier alpha value is -3.39. The fourth-order valence-electron chi connectivity index (χ4n) is 4.21. The molecule has 3 aromatic heterocycles. The van der Waals surface area contributed by atoms with Crippen molar-refractivity contribution < 1.29 is 0 Å². The van der Waals surface area contributed by atoms with Gasteiger partial charge in [-0.1, -0.05) is 15.9 Å². The maximum Gasteiger partial charge on any atom is 0.232 e. The van der Waals surface area contributed by atoms with Crippen molar-refractivity contribution in [2.45, 2.75) is 18.9 Å². The van der Waals surface area contributed by atoms with Gasteiger partial charge in [-0.25, -0.2) is 19.9 Å².